The van der Waals surface area contributed by atoms with Gasteiger partial charge >= 0.3 is 0 Å². The summed E-state index contributed by atoms with van der Waals surface area (Å²) in [6.45, 7) is 3.53. The lowest BCUT2D eigenvalue weighted by molar-refractivity contribution is 0.612. The average Bonchev–Trinajstić information content (AvgIpc) is 2.48. The Hall–Kier alpha value is -0.830. The molecule has 1 saturated heterocycles. The van der Waals surface area contributed by atoms with Gasteiger partial charge in [0.15, 0.2) is 11.6 Å². The first-order chi connectivity index (χ1) is 6.68. The molecule has 1 fully saturated rings. The molecule has 1 aliphatic heterocycles. The van der Waals surface area contributed by atoms with Crippen LogP contribution < -0.4 is 4.90 Å². The molecule has 0 aromatic carbocycles. The van der Waals surface area contributed by atoms with Gasteiger partial charge in [0, 0.05) is 19.3 Å². The highest BCUT2D eigenvalue weighted by Gasteiger charge is 2.29. The van der Waals surface area contributed by atoms with E-state index in [0.717, 1.165) is 6.54 Å². The molecule has 0 spiro atoms. The molecule has 0 radical (unpaired) electrons. The molecule has 0 amide bonds. The molecule has 1 aromatic rings. The lowest BCUT2D eigenvalue weighted by atomic mass is 10.2. The minimum absolute atomic E-state index is 0.0939. The summed E-state index contributed by atoms with van der Waals surface area (Å²) in [7, 11) is 0. The van der Waals surface area contributed by atoms with E-state index < -0.39 is 0 Å². The fraction of sp³-hybridized carbons (Fsp3) is 0.500. The van der Waals surface area contributed by atoms with E-state index in [4.69, 9.17) is 11.6 Å². The fourth-order valence-electron chi connectivity index (χ4n) is 1.71. The van der Waals surface area contributed by atoms with Crippen LogP contribution >= 0.6 is 11.6 Å². The molecule has 1 aliphatic rings. The second-order valence-electron chi connectivity index (χ2n) is 3.71. The first kappa shape index (κ1) is 9.71. The molecule has 0 aliphatic carbocycles. The molecule has 14 heavy (non-hydrogen) atoms. The highest BCUT2D eigenvalue weighted by atomic mass is 35.5. The quantitative estimate of drug-likeness (QED) is 0.667. The Bertz CT molecular complexity index is 322. The van der Waals surface area contributed by atoms with Crippen LogP contribution in [0.1, 0.15) is 6.92 Å². The lowest BCUT2D eigenvalue weighted by Gasteiger charge is -2.16. The van der Waals surface area contributed by atoms with Crippen molar-refractivity contribution >= 4 is 17.4 Å². The number of nitrogens with zero attached hydrogens (tertiary/aromatic N) is 2. The topological polar surface area (TPSA) is 16.1 Å². The van der Waals surface area contributed by atoms with E-state index >= 15 is 0 Å². The lowest BCUT2D eigenvalue weighted by Crippen LogP contribution is -2.22. The summed E-state index contributed by atoms with van der Waals surface area (Å²) in [6.07, 6.45) is 1.60. The van der Waals surface area contributed by atoms with E-state index in [9.17, 15) is 4.39 Å². The van der Waals surface area contributed by atoms with Gasteiger partial charge in [-0.05, 0) is 18.1 Å². The Labute approximate surface area is 87.7 Å². The number of anilines is 1. The smallest absolute Gasteiger partial charge is 0.165 e. The highest BCUT2D eigenvalue weighted by molar-refractivity contribution is 6.21. The van der Waals surface area contributed by atoms with Crippen LogP contribution in [0.5, 0.6) is 0 Å². The van der Waals surface area contributed by atoms with Crippen LogP contribution in [-0.2, 0) is 0 Å². The second-order valence-corrected chi connectivity index (χ2v) is 4.27. The normalized spacial score (nSPS) is 26.9. The Morgan fingerprint density at radius 2 is 2.36 bits per heavy atom. The Kier molecular flexibility index (Phi) is 2.59. The van der Waals surface area contributed by atoms with Gasteiger partial charge in [0.25, 0.3) is 0 Å². The second kappa shape index (κ2) is 3.73. The number of halogens is 2. The molecule has 2 atom stereocenters. The molecule has 2 heterocycles. The highest BCUT2D eigenvalue weighted by Crippen LogP contribution is 2.26. The van der Waals surface area contributed by atoms with E-state index in [1.807, 2.05) is 4.90 Å². The molecular weight excluding hydrogens is 203 g/mol. The summed E-state index contributed by atoms with van der Waals surface area (Å²) in [5, 5.41) is 0.0939. The maximum absolute atomic E-state index is 13.3. The number of aromatic nitrogens is 1. The van der Waals surface area contributed by atoms with Gasteiger partial charge in [-0.2, -0.15) is 0 Å². The number of pyridine rings is 1. The number of alkyl halides is 1. The Morgan fingerprint density at radius 1 is 1.57 bits per heavy atom. The van der Waals surface area contributed by atoms with Gasteiger partial charge in [-0.3, -0.25) is 0 Å². The third-order valence-electron chi connectivity index (χ3n) is 2.56. The predicted octanol–water partition coefficient (Wildman–Crippen LogP) is 2.28. The molecule has 0 N–H and O–H groups in total. The van der Waals surface area contributed by atoms with E-state index in [1.165, 1.54) is 6.07 Å². The summed E-state index contributed by atoms with van der Waals surface area (Å²) in [5.74, 6) is 0.533. The molecule has 2 rings (SSSR count). The van der Waals surface area contributed by atoms with Crippen molar-refractivity contribution in [3.63, 3.8) is 0 Å². The molecule has 0 saturated carbocycles. The maximum atomic E-state index is 13.3. The van der Waals surface area contributed by atoms with Crippen LogP contribution in [0.3, 0.4) is 0 Å². The van der Waals surface area contributed by atoms with Gasteiger partial charge in [-0.25, -0.2) is 9.37 Å². The fourth-order valence-corrected chi connectivity index (χ4v) is 1.96. The van der Waals surface area contributed by atoms with Crippen LogP contribution in [0.15, 0.2) is 18.3 Å². The summed E-state index contributed by atoms with van der Waals surface area (Å²) in [6, 6.07) is 3.02. The maximum Gasteiger partial charge on any atom is 0.165 e. The third kappa shape index (κ3) is 1.69. The van der Waals surface area contributed by atoms with Crippen molar-refractivity contribution in [2.24, 2.45) is 5.92 Å². The Balaban J connectivity index is 2.21. The van der Waals surface area contributed by atoms with Crippen molar-refractivity contribution in [3.05, 3.63) is 24.1 Å². The number of hydrogen-bond donors (Lipinski definition) is 0. The van der Waals surface area contributed by atoms with Crippen LogP contribution in [0, 0.1) is 11.7 Å². The standard InChI is InChI=1S/C10H12ClFN2/c1-7-5-14(6-8(7)11)10-9(12)3-2-4-13-10/h2-4,7-8H,5-6H2,1H3. The van der Waals surface area contributed by atoms with Crippen molar-refractivity contribution in [1.29, 1.82) is 0 Å². The van der Waals surface area contributed by atoms with Crippen molar-refractivity contribution < 1.29 is 4.39 Å². The minimum atomic E-state index is -0.273. The summed E-state index contributed by atoms with van der Waals surface area (Å²) in [5.41, 5.74) is 0. The first-order valence-electron chi connectivity index (χ1n) is 4.68. The monoisotopic (exact) mass is 214 g/mol. The van der Waals surface area contributed by atoms with Gasteiger partial charge in [0.1, 0.15) is 0 Å². The van der Waals surface area contributed by atoms with Gasteiger partial charge in [0.05, 0.1) is 5.38 Å². The van der Waals surface area contributed by atoms with Crippen molar-refractivity contribution in [1.82, 2.24) is 4.98 Å². The van der Waals surface area contributed by atoms with E-state index in [2.05, 4.69) is 11.9 Å². The molecule has 0 bridgehead atoms. The molecule has 1 aromatic heterocycles. The van der Waals surface area contributed by atoms with Crippen LogP contribution in [0.4, 0.5) is 10.2 Å². The summed E-state index contributed by atoms with van der Waals surface area (Å²) < 4.78 is 13.3. The zero-order valence-corrected chi connectivity index (χ0v) is 8.71. The first-order valence-corrected chi connectivity index (χ1v) is 5.11. The predicted molar refractivity (Wildman–Crippen MR) is 55.2 cm³/mol. The average molecular weight is 215 g/mol. The zero-order valence-electron chi connectivity index (χ0n) is 7.95. The van der Waals surface area contributed by atoms with Crippen LogP contribution in [0.2, 0.25) is 0 Å². The number of hydrogen-bond acceptors (Lipinski definition) is 2. The van der Waals surface area contributed by atoms with E-state index in [1.54, 1.807) is 12.3 Å². The third-order valence-corrected chi connectivity index (χ3v) is 3.13. The summed E-state index contributed by atoms with van der Waals surface area (Å²) in [4.78, 5) is 5.92. The molecule has 2 unspecified atom stereocenters. The van der Waals surface area contributed by atoms with Gasteiger partial charge in [-0.1, -0.05) is 6.92 Å². The molecule has 4 heteroatoms. The number of rotatable bonds is 1. The largest absolute Gasteiger partial charge is 0.352 e. The van der Waals surface area contributed by atoms with Crippen molar-refractivity contribution in [2.45, 2.75) is 12.3 Å². The minimum Gasteiger partial charge on any atom is -0.352 e. The van der Waals surface area contributed by atoms with E-state index in [0.29, 0.717) is 18.3 Å². The van der Waals surface area contributed by atoms with Crippen molar-refractivity contribution in [3.8, 4) is 0 Å². The van der Waals surface area contributed by atoms with E-state index in [-0.39, 0.29) is 11.2 Å². The zero-order chi connectivity index (χ0) is 10.1. The molecule has 2 nitrogen and oxygen atoms in total. The van der Waals surface area contributed by atoms with Crippen LogP contribution in [-0.4, -0.2) is 23.5 Å². The van der Waals surface area contributed by atoms with Gasteiger partial charge in [0.2, 0.25) is 0 Å². The van der Waals surface area contributed by atoms with Crippen LogP contribution in [0.25, 0.3) is 0 Å². The molecule has 76 valence electrons. The van der Waals surface area contributed by atoms with Gasteiger partial charge < -0.3 is 4.90 Å². The van der Waals surface area contributed by atoms with Gasteiger partial charge in [-0.15, -0.1) is 11.6 Å². The Morgan fingerprint density at radius 3 is 2.93 bits per heavy atom. The summed E-state index contributed by atoms with van der Waals surface area (Å²) >= 11 is 6.07. The SMILES string of the molecule is CC1CN(c2ncccc2F)CC1Cl. The van der Waals surface area contributed by atoms with Crippen molar-refractivity contribution in [2.75, 3.05) is 18.0 Å². The molecular formula is C10H12ClFN2.